The van der Waals surface area contributed by atoms with Crippen LogP contribution in [0.4, 0.5) is 0 Å². The van der Waals surface area contributed by atoms with Gasteiger partial charge in [0.05, 0.1) is 0 Å². The van der Waals surface area contributed by atoms with Crippen molar-refractivity contribution < 1.29 is 5.11 Å². The summed E-state index contributed by atoms with van der Waals surface area (Å²) >= 11 is 0. The van der Waals surface area contributed by atoms with Gasteiger partial charge >= 0.3 is 0 Å². The van der Waals surface area contributed by atoms with Gasteiger partial charge in [0.1, 0.15) is 5.75 Å². The average molecular weight is 419 g/mol. The summed E-state index contributed by atoms with van der Waals surface area (Å²) in [5.74, 6) is 2.59. The Bertz CT molecular complexity index is 934. The minimum atomic E-state index is 0.169. The van der Waals surface area contributed by atoms with E-state index in [2.05, 4.69) is 84.9 Å². The smallest absolute Gasteiger partial charge is 0.119 e. The molecule has 1 nitrogen and oxygen atoms in total. The molecule has 0 heterocycles. The van der Waals surface area contributed by atoms with Crippen LogP contribution in [0.3, 0.4) is 0 Å². The molecule has 168 valence electrons. The van der Waals surface area contributed by atoms with Crippen molar-refractivity contribution in [2.75, 3.05) is 0 Å². The van der Waals surface area contributed by atoms with Crippen molar-refractivity contribution >= 4 is 0 Å². The lowest BCUT2D eigenvalue weighted by Gasteiger charge is -2.56. The van der Waals surface area contributed by atoms with E-state index in [-0.39, 0.29) is 5.41 Å². The van der Waals surface area contributed by atoms with Gasteiger partial charge in [-0.3, -0.25) is 0 Å². The van der Waals surface area contributed by atoms with Crippen LogP contribution in [0.2, 0.25) is 0 Å². The van der Waals surface area contributed by atoms with E-state index >= 15 is 0 Å². The van der Waals surface area contributed by atoms with E-state index in [1.165, 1.54) is 47.9 Å². The fraction of sp³-hybridized carbons (Fsp3) is 0.600. The minimum absolute atomic E-state index is 0.169. The number of phenolic OH excluding ortho intramolecular Hbond substituents is 1. The number of phenols is 1. The number of benzene rings is 2. The topological polar surface area (TPSA) is 20.2 Å². The second kappa shape index (κ2) is 7.98. The molecule has 1 fully saturated rings. The van der Waals surface area contributed by atoms with E-state index < -0.39 is 0 Å². The zero-order chi connectivity index (χ0) is 22.6. The van der Waals surface area contributed by atoms with Gasteiger partial charge in [-0.1, -0.05) is 85.2 Å². The quantitative estimate of drug-likeness (QED) is 0.528. The third kappa shape index (κ3) is 3.94. The molecule has 0 radical (unpaired) electrons. The van der Waals surface area contributed by atoms with Crippen LogP contribution in [0.15, 0.2) is 36.4 Å². The first-order chi connectivity index (χ1) is 14.5. The zero-order valence-corrected chi connectivity index (χ0v) is 20.8. The molecule has 1 N–H and O–H groups in total. The number of hydrogen-bond donors (Lipinski definition) is 1. The lowest BCUT2D eigenvalue weighted by Crippen LogP contribution is -2.49. The molecule has 3 unspecified atom stereocenters. The van der Waals surface area contributed by atoms with Gasteiger partial charge in [0.25, 0.3) is 0 Å². The summed E-state index contributed by atoms with van der Waals surface area (Å²) in [4.78, 5) is 0. The highest BCUT2D eigenvalue weighted by Crippen LogP contribution is 2.60. The molecule has 1 heteroatoms. The van der Waals surface area contributed by atoms with Gasteiger partial charge in [0, 0.05) is 0 Å². The van der Waals surface area contributed by atoms with Crippen LogP contribution in [-0.4, -0.2) is 5.11 Å². The lowest BCUT2D eigenvalue weighted by molar-refractivity contribution is 0.0324. The maximum Gasteiger partial charge on any atom is 0.119 e. The van der Waals surface area contributed by atoms with Gasteiger partial charge in [-0.15, -0.1) is 0 Å². The first-order valence-corrected chi connectivity index (χ1v) is 12.5. The molecule has 2 aromatic carbocycles. The van der Waals surface area contributed by atoms with Gasteiger partial charge in [-0.2, -0.15) is 0 Å². The van der Waals surface area contributed by atoms with E-state index in [0.717, 1.165) is 12.0 Å². The standard InChI is InChI=1S/C30H42O/c1-19(2)22-11-9-21(10-12-22)15-23-16-28-29(5,6)13-8-14-30(28,7)26-18-27(31)24(20(3)4)17-25(23)26/h9-12,17-20,23,28,31H,8,13-16H2,1-7H3. The molecule has 1 saturated carbocycles. The van der Waals surface area contributed by atoms with E-state index in [9.17, 15) is 5.11 Å². The molecule has 2 aromatic rings. The van der Waals surface area contributed by atoms with Crippen molar-refractivity contribution in [2.45, 2.75) is 104 Å². The summed E-state index contributed by atoms with van der Waals surface area (Å²) in [7, 11) is 0. The van der Waals surface area contributed by atoms with Crippen molar-refractivity contribution in [2.24, 2.45) is 11.3 Å². The van der Waals surface area contributed by atoms with Crippen LogP contribution in [0.1, 0.15) is 120 Å². The Hall–Kier alpha value is -1.76. The largest absolute Gasteiger partial charge is 0.508 e. The highest BCUT2D eigenvalue weighted by Gasteiger charge is 2.52. The summed E-state index contributed by atoms with van der Waals surface area (Å²) in [6.45, 7) is 16.4. The zero-order valence-electron chi connectivity index (χ0n) is 20.8. The minimum Gasteiger partial charge on any atom is -0.508 e. The summed E-state index contributed by atoms with van der Waals surface area (Å²) in [5.41, 5.74) is 7.42. The second-order valence-corrected chi connectivity index (χ2v) is 12.0. The maximum atomic E-state index is 10.9. The van der Waals surface area contributed by atoms with Gasteiger partial charge < -0.3 is 5.11 Å². The number of fused-ring (bicyclic) bond motifs is 3. The fourth-order valence-electron chi connectivity index (χ4n) is 6.87. The predicted octanol–water partition coefficient (Wildman–Crippen LogP) is 8.45. The van der Waals surface area contributed by atoms with Crippen LogP contribution in [0.25, 0.3) is 0 Å². The van der Waals surface area contributed by atoms with Crippen molar-refractivity contribution in [1.29, 1.82) is 0 Å². The van der Waals surface area contributed by atoms with E-state index in [0.29, 0.717) is 34.8 Å². The average Bonchev–Trinajstić information content (AvgIpc) is 2.69. The van der Waals surface area contributed by atoms with Gasteiger partial charge in [0.2, 0.25) is 0 Å². The van der Waals surface area contributed by atoms with Crippen LogP contribution in [0, 0.1) is 11.3 Å². The van der Waals surface area contributed by atoms with Crippen molar-refractivity contribution in [3.05, 3.63) is 64.2 Å². The molecule has 0 spiro atoms. The molecule has 3 atom stereocenters. The Labute approximate surface area is 190 Å². The van der Waals surface area contributed by atoms with E-state index in [1.807, 2.05) is 0 Å². The van der Waals surface area contributed by atoms with Crippen molar-refractivity contribution in [1.82, 2.24) is 0 Å². The predicted molar refractivity (Wildman–Crippen MR) is 132 cm³/mol. The number of aromatic hydroxyl groups is 1. The summed E-state index contributed by atoms with van der Waals surface area (Å²) in [6, 6.07) is 13.8. The summed E-state index contributed by atoms with van der Waals surface area (Å²) in [5, 5.41) is 10.9. The van der Waals surface area contributed by atoms with Crippen LogP contribution in [0.5, 0.6) is 5.75 Å². The Morgan fingerprint density at radius 1 is 0.935 bits per heavy atom. The SMILES string of the molecule is CC(C)c1ccc(CC2CC3C(C)(C)CCCC3(C)c3cc(O)c(C(C)C)cc32)cc1. The highest BCUT2D eigenvalue weighted by atomic mass is 16.3. The third-order valence-electron chi connectivity index (χ3n) is 8.75. The monoisotopic (exact) mass is 418 g/mol. The number of rotatable bonds is 4. The highest BCUT2D eigenvalue weighted by molar-refractivity contribution is 5.51. The molecule has 31 heavy (non-hydrogen) atoms. The fourth-order valence-corrected chi connectivity index (χ4v) is 6.87. The normalized spacial score (nSPS) is 27.3. The third-order valence-corrected chi connectivity index (χ3v) is 8.75. The van der Waals surface area contributed by atoms with E-state index in [1.54, 1.807) is 0 Å². The molecule has 0 bridgehead atoms. The molecule has 0 aliphatic heterocycles. The van der Waals surface area contributed by atoms with Gasteiger partial charge in [-0.25, -0.2) is 0 Å². The molecule has 2 aliphatic carbocycles. The first kappa shape index (κ1) is 22.4. The Morgan fingerprint density at radius 2 is 1.61 bits per heavy atom. The van der Waals surface area contributed by atoms with Crippen LogP contribution >= 0.6 is 0 Å². The van der Waals surface area contributed by atoms with Crippen molar-refractivity contribution in [3.8, 4) is 5.75 Å². The summed E-state index contributed by atoms with van der Waals surface area (Å²) < 4.78 is 0. The molecular weight excluding hydrogens is 376 g/mol. The Morgan fingerprint density at radius 3 is 2.23 bits per heavy atom. The molecule has 2 aliphatic rings. The van der Waals surface area contributed by atoms with Gasteiger partial charge in [-0.05, 0) is 94.1 Å². The van der Waals surface area contributed by atoms with E-state index in [4.69, 9.17) is 0 Å². The van der Waals surface area contributed by atoms with Crippen LogP contribution in [-0.2, 0) is 11.8 Å². The lowest BCUT2D eigenvalue weighted by atomic mass is 9.48. The van der Waals surface area contributed by atoms with Crippen molar-refractivity contribution in [3.63, 3.8) is 0 Å². The molecule has 0 amide bonds. The molecule has 0 saturated heterocycles. The molecular formula is C30H42O. The molecule has 4 rings (SSSR count). The second-order valence-electron chi connectivity index (χ2n) is 12.0. The number of hydrogen-bond acceptors (Lipinski definition) is 1. The maximum absolute atomic E-state index is 10.9. The van der Waals surface area contributed by atoms with Crippen LogP contribution < -0.4 is 0 Å². The Kier molecular flexibility index (Phi) is 5.78. The molecule has 0 aromatic heterocycles. The van der Waals surface area contributed by atoms with Gasteiger partial charge in [0.15, 0.2) is 0 Å². The Balaban J connectivity index is 1.80. The summed E-state index contributed by atoms with van der Waals surface area (Å²) in [6.07, 6.45) is 6.19. The first-order valence-electron chi connectivity index (χ1n) is 12.5.